The van der Waals surface area contributed by atoms with Crippen LogP contribution in [0.3, 0.4) is 0 Å². The topological polar surface area (TPSA) is 35.5 Å². The van der Waals surface area contributed by atoms with Crippen LogP contribution in [-0.4, -0.2) is 47.8 Å². The van der Waals surface area contributed by atoms with Gasteiger partial charge in [-0.3, -0.25) is 4.90 Å². The number of hydrogen-bond donors (Lipinski definition) is 2. The summed E-state index contributed by atoms with van der Waals surface area (Å²) in [5.41, 5.74) is 0.317. The van der Waals surface area contributed by atoms with Gasteiger partial charge in [0.05, 0.1) is 6.10 Å². The molecule has 0 saturated carbocycles. The molecule has 3 heteroatoms. The van der Waals surface area contributed by atoms with Crippen LogP contribution in [0.1, 0.15) is 60.8 Å². The van der Waals surface area contributed by atoms with Crippen molar-refractivity contribution in [2.24, 2.45) is 11.3 Å². The Bertz CT molecular complexity index is 257. The molecule has 0 amide bonds. The van der Waals surface area contributed by atoms with E-state index in [0.717, 1.165) is 32.5 Å². The molecule has 1 aliphatic rings. The molecule has 0 spiro atoms. The van der Waals surface area contributed by atoms with Crippen molar-refractivity contribution in [1.82, 2.24) is 10.2 Å². The summed E-state index contributed by atoms with van der Waals surface area (Å²) in [7, 11) is 0. The third-order valence-corrected chi connectivity index (χ3v) is 4.61. The first-order valence-electron chi connectivity index (χ1n) is 8.42. The number of hydrogen-bond acceptors (Lipinski definition) is 3. The smallest absolute Gasteiger partial charge is 0.0578 e. The van der Waals surface area contributed by atoms with Crippen LogP contribution < -0.4 is 5.32 Å². The van der Waals surface area contributed by atoms with E-state index in [1.165, 1.54) is 6.42 Å². The van der Waals surface area contributed by atoms with Crippen LogP contribution in [-0.2, 0) is 0 Å². The minimum absolute atomic E-state index is 0.152. The lowest BCUT2D eigenvalue weighted by molar-refractivity contribution is 0.0199. The zero-order valence-electron chi connectivity index (χ0n) is 14.4. The van der Waals surface area contributed by atoms with E-state index in [0.29, 0.717) is 23.4 Å². The Morgan fingerprint density at radius 2 is 1.85 bits per heavy atom. The third-order valence-electron chi connectivity index (χ3n) is 4.61. The van der Waals surface area contributed by atoms with E-state index in [-0.39, 0.29) is 6.10 Å². The molecule has 4 unspecified atom stereocenters. The molecule has 0 aromatic rings. The van der Waals surface area contributed by atoms with Crippen LogP contribution in [0.4, 0.5) is 0 Å². The van der Waals surface area contributed by atoms with Crippen LogP contribution in [0.15, 0.2) is 0 Å². The summed E-state index contributed by atoms with van der Waals surface area (Å²) >= 11 is 0. The average molecular weight is 284 g/mol. The monoisotopic (exact) mass is 284 g/mol. The van der Waals surface area contributed by atoms with Gasteiger partial charge in [0, 0.05) is 31.7 Å². The largest absolute Gasteiger partial charge is 0.393 e. The normalized spacial score (nSPS) is 28.4. The highest BCUT2D eigenvalue weighted by Crippen LogP contribution is 2.25. The Labute approximate surface area is 126 Å². The fourth-order valence-corrected chi connectivity index (χ4v) is 3.00. The summed E-state index contributed by atoms with van der Waals surface area (Å²) in [6.07, 6.45) is 3.00. The summed E-state index contributed by atoms with van der Waals surface area (Å²) in [6, 6.07) is 1.13. The van der Waals surface area contributed by atoms with Crippen molar-refractivity contribution in [1.29, 1.82) is 0 Å². The first kappa shape index (κ1) is 17.9. The van der Waals surface area contributed by atoms with Crippen molar-refractivity contribution in [3.05, 3.63) is 0 Å². The SMILES string of the molecule is CCC(O)C1CC(NCC(C)(C)C)CN(C(C)CC)C1. The maximum atomic E-state index is 10.2. The third kappa shape index (κ3) is 5.71. The molecule has 2 N–H and O–H groups in total. The fourth-order valence-electron chi connectivity index (χ4n) is 3.00. The van der Waals surface area contributed by atoms with Crippen molar-refractivity contribution >= 4 is 0 Å². The molecule has 1 aliphatic heterocycles. The molecule has 1 heterocycles. The maximum Gasteiger partial charge on any atom is 0.0578 e. The van der Waals surface area contributed by atoms with Gasteiger partial charge in [0.25, 0.3) is 0 Å². The van der Waals surface area contributed by atoms with Crippen molar-refractivity contribution in [2.45, 2.75) is 79.0 Å². The molecule has 0 radical (unpaired) electrons. The van der Waals surface area contributed by atoms with Gasteiger partial charge in [-0.25, -0.2) is 0 Å². The lowest BCUT2D eigenvalue weighted by Crippen LogP contribution is -2.55. The standard InChI is InChI=1S/C17H36N2O/c1-7-13(3)19-10-14(16(20)8-2)9-15(11-19)18-12-17(4,5)6/h13-16,18,20H,7-12H2,1-6H3. The van der Waals surface area contributed by atoms with Crippen molar-refractivity contribution in [3.63, 3.8) is 0 Å². The minimum atomic E-state index is -0.152. The molecular weight excluding hydrogens is 248 g/mol. The molecule has 1 fully saturated rings. The second-order valence-corrected chi connectivity index (χ2v) is 7.82. The van der Waals surface area contributed by atoms with Crippen LogP contribution in [0.2, 0.25) is 0 Å². The van der Waals surface area contributed by atoms with Crippen molar-refractivity contribution in [2.75, 3.05) is 19.6 Å². The molecule has 0 aromatic heterocycles. The van der Waals surface area contributed by atoms with Gasteiger partial charge in [0.2, 0.25) is 0 Å². The Kier molecular flexibility index (Phi) is 6.96. The molecule has 120 valence electrons. The predicted molar refractivity (Wildman–Crippen MR) is 87.0 cm³/mol. The van der Waals surface area contributed by atoms with Gasteiger partial charge < -0.3 is 10.4 Å². The summed E-state index contributed by atoms with van der Waals surface area (Å²) in [5, 5.41) is 14.0. The predicted octanol–water partition coefficient (Wildman–Crippen LogP) is 2.88. The number of nitrogens with one attached hydrogen (secondary N) is 1. The van der Waals surface area contributed by atoms with Crippen LogP contribution in [0, 0.1) is 11.3 Å². The first-order valence-corrected chi connectivity index (χ1v) is 8.42. The zero-order chi connectivity index (χ0) is 15.3. The lowest BCUT2D eigenvalue weighted by Gasteiger charge is -2.43. The van der Waals surface area contributed by atoms with Gasteiger partial charge in [-0.05, 0) is 37.5 Å². The van der Waals surface area contributed by atoms with Crippen LogP contribution in [0.5, 0.6) is 0 Å². The molecule has 0 aromatic carbocycles. The Morgan fingerprint density at radius 1 is 1.20 bits per heavy atom. The summed E-state index contributed by atoms with van der Waals surface area (Å²) in [4.78, 5) is 2.56. The Balaban J connectivity index is 2.64. The molecule has 0 bridgehead atoms. The van der Waals surface area contributed by atoms with Crippen LogP contribution >= 0.6 is 0 Å². The maximum absolute atomic E-state index is 10.2. The van der Waals surface area contributed by atoms with E-state index in [2.05, 4.69) is 51.8 Å². The molecule has 20 heavy (non-hydrogen) atoms. The number of aliphatic hydroxyl groups is 1. The first-order chi connectivity index (χ1) is 9.26. The van der Waals surface area contributed by atoms with Gasteiger partial charge in [-0.1, -0.05) is 34.6 Å². The van der Waals surface area contributed by atoms with Gasteiger partial charge in [-0.15, -0.1) is 0 Å². The van der Waals surface area contributed by atoms with Gasteiger partial charge in [-0.2, -0.15) is 0 Å². The second kappa shape index (κ2) is 7.77. The van der Waals surface area contributed by atoms with Crippen LogP contribution in [0.25, 0.3) is 0 Å². The summed E-state index contributed by atoms with van der Waals surface area (Å²) < 4.78 is 0. The average Bonchev–Trinajstić information content (AvgIpc) is 2.42. The quantitative estimate of drug-likeness (QED) is 0.787. The van der Waals surface area contributed by atoms with E-state index < -0.39 is 0 Å². The molecule has 4 atom stereocenters. The van der Waals surface area contributed by atoms with Gasteiger partial charge >= 0.3 is 0 Å². The number of piperidine rings is 1. The zero-order valence-corrected chi connectivity index (χ0v) is 14.4. The molecule has 0 aliphatic carbocycles. The van der Waals surface area contributed by atoms with E-state index in [1.54, 1.807) is 0 Å². The van der Waals surface area contributed by atoms with Gasteiger partial charge in [0.15, 0.2) is 0 Å². The number of nitrogens with zero attached hydrogens (tertiary/aromatic N) is 1. The molecule has 1 rings (SSSR count). The number of aliphatic hydroxyl groups excluding tert-OH is 1. The minimum Gasteiger partial charge on any atom is -0.393 e. The lowest BCUT2D eigenvalue weighted by atomic mass is 9.86. The van der Waals surface area contributed by atoms with Crippen molar-refractivity contribution < 1.29 is 5.11 Å². The number of likely N-dealkylation sites (tertiary alicyclic amines) is 1. The highest BCUT2D eigenvalue weighted by atomic mass is 16.3. The Morgan fingerprint density at radius 3 is 2.35 bits per heavy atom. The second-order valence-electron chi connectivity index (χ2n) is 7.82. The van der Waals surface area contributed by atoms with E-state index >= 15 is 0 Å². The highest BCUT2D eigenvalue weighted by molar-refractivity contribution is 4.89. The van der Waals surface area contributed by atoms with Gasteiger partial charge in [0.1, 0.15) is 0 Å². The van der Waals surface area contributed by atoms with E-state index in [9.17, 15) is 5.11 Å². The molecule has 3 nitrogen and oxygen atoms in total. The van der Waals surface area contributed by atoms with Crippen molar-refractivity contribution in [3.8, 4) is 0 Å². The molecule has 1 saturated heterocycles. The fraction of sp³-hybridized carbons (Fsp3) is 1.00. The Hall–Kier alpha value is -0.120. The van der Waals surface area contributed by atoms with E-state index in [4.69, 9.17) is 0 Å². The number of rotatable bonds is 6. The summed E-state index contributed by atoms with van der Waals surface area (Å²) in [5.74, 6) is 0.417. The molecular formula is C17H36N2O. The highest BCUT2D eigenvalue weighted by Gasteiger charge is 2.32. The summed E-state index contributed by atoms with van der Waals surface area (Å²) in [6.45, 7) is 16.7. The van der Waals surface area contributed by atoms with E-state index in [1.807, 2.05) is 0 Å².